The molecule has 0 fully saturated rings. The molecule has 4 aromatic rings. The molecule has 0 unspecified atom stereocenters. The van der Waals surface area contributed by atoms with Crippen LogP contribution in [0.2, 0.25) is 0 Å². The highest BCUT2D eigenvalue weighted by Crippen LogP contribution is 2.23. The number of fused-ring (bicyclic) bond motifs is 1. The minimum Gasteiger partial charge on any atom is -0.463 e. The van der Waals surface area contributed by atoms with Gasteiger partial charge in [-0.1, -0.05) is 23.9 Å². The van der Waals surface area contributed by atoms with Gasteiger partial charge in [0.25, 0.3) is 0 Å². The standard InChI is InChI=1S/C16H11FN4OS/c17-12-4-1-3-11(9-12)10-23-16-19-18-15-7-6-13(20-21(15)16)14-5-2-8-22-14/h1-9H,10H2. The lowest BCUT2D eigenvalue weighted by molar-refractivity contribution is 0.577. The monoisotopic (exact) mass is 326 g/mol. The molecule has 0 atom stereocenters. The number of halogens is 1. The van der Waals surface area contributed by atoms with Gasteiger partial charge < -0.3 is 4.42 Å². The zero-order valence-electron chi connectivity index (χ0n) is 11.9. The minimum absolute atomic E-state index is 0.243. The molecule has 0 bridgehead atoms. The molecule has 0 amide bonds. The molecular formula is C16H11FN4OS. The molecular weight excluding hydrogens is 315 g/mol. The lowest BCUT2D eigenvalue weighted by Gasteiger charge is -2.02. The highest BCUT2D eigenvalue weighted by Gasteiger charge is 2.10. The highest BCUT2D eigenvalue weighted by molar-refractivity contribution is 7.98. The Labute approximate surface area is 135 Å². The molecule has 1 aromatic carbocycles. The number of hydrogen-bond acceptors (Lipinski definition) is 5. The summed E-state index contributed by atoms with van der Waals surface area (Å²) in [5, 5.41) is 13.4. The molecule has 0 aliphatic rings. The average Bonchev–Trinajstić information content (AvgIpc) is 3.22. The molecule has 4 rings (SSSR count). The first-order chi connectivity index (χ1) is 11.3. The summed E-state index contributed by atoms with van der Waals surface area (Å²) in [7, 11) is 0. The zero-order valence-corrected chi connectivity index (χ0v) is 12.7. The molecule has 0 spiro atoms. The smallest absolute Gasteiger partial charge is 0.212 e. The Morgan fingerprint density at radius 3 is 2.87 bits per heavy atom. The highest BCUT2D eigenvalue weighted by atomic mass is 32.2. The fourth-order valence-corrected chi connectivity index (χ4v) is 3.02. The van der Waals surface area contributed by atoms with Crippen LogP contribution in [0.3, 0.4) is 0 Å². The van der Waals surface area contributed by atoms with E-state index in [1.807, 2.05) is 30.3 Å². The van der Waals surface area contributed by atoms with Crippen molar-refractivity contribution in [2.45, 2.75) is 10.9 Å². The molecule has 23 heavy (non-hydrogen) atoms. The van der Waals surface area contributed by atoms with Crippen LogP contribution in [0.25, 0.3) is 17.1 Å². The number of rotatable bonds is 4. The van der Waals surface area contributed by atoms with E-state index in [0.717, 1.165) is 5.56 Å². The van der Waals surface area contributed by atoms with Crippen molar-refractivity contribution in [2.75, 3.05) is 0 Å². The summed E-state index contributed by atoms with van der Waals surface area (Å²) < 4.78 is 20.3. The molecule has 114 valence electrons. The van der Waals surface area contributed by atoms with E-state index in [1.54, 1.807) is 16.8 Å². The Morgan fingerprint density at radius 1 is 1.09 bits per heavy atom. The van der Waals surface area contributed by atoms with Gasteiger partial charge in [-0.2, -0.15) is 9.61 Å². The second-order valence-corrected chi connectivity index (χ2v) is 5.81. The number of hydrogen-bond donors (Lipinski definition) is 0. The van der Waals surface area contributed by atoms with Gasteiger partial charge in [-0.25, -0.2) is 4.39 Å². The Balaban J connectivity index is 1.63. The number of nitrogens with zero attached hydrogens (tertiary/aromatic N) is 4. The van der Waals surface area contributed by atoms with E-state index in [-0.39, 0.29) is 5.82 Å². The lowest BCUT2D eigenvalue weighted by Crippen LogP contribution is -1.96. The van der Waals surface area contributed by atoms with Crippen LogP contribution in [0.5, 0.6) is 0 Å². The van der Waals surface area contributed by atoms with Crippen LogP contribution in [0.1, 0.15) is 5.56 Å². The van der Waals surface area contributed by atoms with Gasteiger partial charge in [-0.05, 0) is 42.0 Å². The molecule has 0 aliphatic heterocycles. The van der Waals surface area contributed by atoms with Gasteiger partial charge in [-0.15, -0.1) is 10.2 Å². The average molecular weight is 326 g/mol. The van der Waals surface area contributed by atoms with Crippen molar-refractivity contribution >= 4 is 17.4 Å². The number of furan rings is 1. The zero-order chi connectivity index (χ0) is 15.6. The van der Waals surface area contributed by atoms with E-state index < -0.39 is 0 Å². The Bertz CT molecular complexity index is 952. The summed E-state index contributed by atoms with van der Waals surface area (Å²) in [4.78, 5) is 0. The van der Waals surface area contributed by atoms with Crippen LogP contribution < -0.4 is 0 Å². The van der Waals surface area contributed by atoms with E-state index in [1.165, 1.54) is 23.9 Å². The Morgan fingerprint density at radius 2 is 2.04 bits per heavy atom. The second-order valence-electron chi connectivity index (χ2n) is 4.87. The van der Waals surface area contributed by atoms with Gasteiger partial charge in [-0.3, -0.25) is 0 Å². The van der Waals surface area contributed by atoms with Crippen molar-refractivity contribution in [1.82, 2.24) is 19.8 Å². The molecule has 3 aromatic heterocycles. The third-order valence-electron chi connectivity index (χ3n) is 3.26. The van der Waals surface area contributed by atoms with E-state index in [4.69, 9.17) is 4.42 Å². The summed E-state index contributed by atoms with van der Waals surface area (Å²) in [6.45, 7) is 0. The number of thioether (sulfide) groups is 1. The maximum Gasteiger partial charge on any atom is 0.212 e. The van der Waals surface area contributed by atoms with Crippen LogP contribution in [-0.4, -0.2) is 19.8 Å². The predicted molar refractivity (Wildman–Crippen MR) is 84.4 cm³/mol. The van der Waals surface area contributed by atoms with E-state index in [0.29, 0.717) is 28.0 Å². The predicted octanol–water partition coefficient (Wildman–Crippen LogP) is 3.82. The second kappa shape index (κ2) is 5.85. The summed E-state index contributed by atoms with van der Waals surface area (Å²) in [6, 6.07) is 13.8. The molecule has 0 radical (unpaired) electrons. The summed E-state index contributed by atoms with van der Waals surface area (Å²) in [6.07, 6.45) is 1.60. The lowest BCUT2D eigenvalue weighted by atomic mass is 10.2. The number of aromatic nitrogens is 4. The van der Waals surface area contributed by atoms with Crippen molar-refractivity contribution in [1.29, 1.82) is 0 Å². The molecule has 0 saturated heterocycles. The van der Waals surface area contributed by atoms with Gasteiger partial charge in [0.1, 0.15) is 11.5 Å². The van der Waals surface area contributed by atoms with E-state index in [2.05, 4.69) is 15.3 Å². The van der Waals surface area contributed by atoms with Gasteiger partial charge in [0, 0.05) is 5.75 Å². The van der Waals surface area contributed by atoms with Crippen LogP contribution in [-0.2, 0) is 5.75 Å². The normalized spacial score (nSPS) is 11.2. The van der Waals surface area contributed by atoms with Gasteiger partial charge in [0.2, 0.25) is 5.16 Å². The van der Waals surface area contributed by atoms with E-state index in [9.17, 15) is 4.39 Å². The molecule has 0 aliphatic carbocycles. The molecule has 0 saturated carbocycles. The van der Waals surface area contributed by atoms with Crippen LogP contribution in [0.4, 0.5) is 4.39 Å². The summed E-state index contributed by atoms with van der Waals surface area (Å²) in [5.74, 6) is 1.03. The summed E-state index contributed by atoms with van der Waals surface area (Å²) >= 11 is 1.45. The SMILES string of the molecule is Fc1cccc(CSc2nnc3ccc(-c4ccco4)nn23)c1. The first-order valence-corrected chi connectivity index (χ1v) is 7.92. The maximum atomic E-state index is 13.2. The van der Waals surface area contributed by atoms with Crippen LogP contribution in [0.15, 0.2) is 64.4 Å². The van der Waals surface area contributed by atoms with Crippen LogP contribution in [0, 0.1) is 5.82 Å². The first kappa shape index (κ1) is 14.0. The van der Waals surface area contributed by atoms with Crippen molar-refractivity contribution < 1.29 is 8.81 Å². The fourth-order valence-electron chi connectivity index (χ4n) is 2.19. The van der Waals surface area contributed by atoms with Gasteiger partial charge >= 0.3 is 0 Å². The topological polar surface area (TPSA) is 56.2 Å². The fraction of sp³-hybridized carbons (Fsp3) is 0.0625. The van der Waals surface area contributed by atoms with Crippen molar-refractivity contribution in [3.8, 4) is 11.5 Å². The van der Waals surface area contributed by atoms with Gasteiger partial charge in [0.15, 0.2) is 11.4 Å². The third-order valence-corrected chi connectivity index (χ3v) is 4.26. The summed E-state index contributed by atoms with van der Waals surface area (Å²) in [5.41, 5.74) is 2.24. The van der Waals surface area contributed by atoms with Crippen molar-refractivity contribution in [2.24, 2.45) is 0 Å². The molecule has 0 N–H and O–H groups in total. The van der Waals surface area contributed by atoms with Gasteiger partial charge in [0.05, 0.1) is 6.26 Å². The van der Waals surface area contributed by atoms with Crippen LogP contribution >= 0.6 is 11.8 Å². The maximum absolute atomic E-state index is 13.2. The Hall–Kier alpha value is -2.67. The third kappa shape index (κ3) is 2.83. The molecule has 5 nitrogen and oxygen atoms in total. The Kier molecular flexibility index (Phi) is 3.55. The quantitative estimate of drug-likeness (QED) is 0.534. The largest absolute Gasteiger partial charge is 0.463 e. The van der Waals surface area contributed by atoms with E-state index >= 15 is 0 Å². The molecule has 3 heterocycles. The van der Waals surface area contributed by atoms with Crippen molar-refractivity contribution in [3.63, 3.8) is 0 Å². The van der Waals surface area contributed by atoms with Crippen molar-refractivity contribution in [3.05, 3.63) is 66.2 Å². The minimum atomic E-state index is -0.243. The molecule has 7 heteroatoms. The number of benzene rings is 1. The first-order valence-electron chi connectivity index (χ1n) is 6.93.